The van der Waals surface area contributed by atoms with Crippen molar-refractivity contribution < 1.29 is 9.50 Å². The molecule has 3 rings (SSSR count). The van der Waals surface area contributed by atoms with Crippen LogP contribution in [-0.4, -0.2) is 11.7 Å². The lowest BCUT2D eigenvalue weighted by molar-refractivity contribution is 0.322. The first-order valence-corrected chi connectivity index (χ1v) is 6.82. The molecule has 1 unspecified atom stereocenters. The van der Waals surface area contributed by atoms with Crippen LogP contribution in [-0.2, 0) is 12.8 Å². The number of halogens is 1. The number of aliphatic hydroxyl groups is 1. The molecule has 1 N–H and O–H groups in total. The van der Waals surface area contributed by atoms with Crippen molar-refractivity contribution in [2.45, 2.75) is 18.8 Å². The smallest absolute Gasteiger partial charge is 0.123 e. The topological polar surface area (TPSA) is 20.2 Å². The second-order valence-corrected chi connectivity index (χ2v) is 5.36. The molecule has 0 bridgehead atoms. The van der Waals surface area contributed by atoms with Gasteiger partial charge < -0.3 is 5.11 Å². The summed E-state index contributed by atoms with van der Waals surface area (Å²) >= 11 is 0. The molecule has 2 heteroatoms. The van der Waals surface area contributed by atoms with Crippen LogP contribution in [0.4, 0.5) is 4.39 Å². The van der Waals surface area contributed by atoms with E-state index in [-0.39, 0.29) is 18.3 Å². The lowest BCUT2D eigenvalue weighted by Crippen LogP contribution is -2.09. The second-order valence-electron chi connectivity index (χ2n) is 5.36. The van der Waals surface area contributed by atoms with Crippen molar-refractivity contribution in [1.29, 1.82) is 0 Å². The van der Waals surface area contributed by atoms with E-state index in [0.29, 0.717) is 6.42 Å². The van der Waals surface area contributed by atoms with Gasteiger partial charge in [0.15, 0.2) is 0 Å². The largest absolute Gasteiger partial charge is 0.392 e. The van der Waals surface area contributed by atoms with Gasteiger partial charge in [-0.15, -0.1) is 0 Å². The van der Waals surface area contributed by atoms with E-state index < -0.39 is 0 Å². The van der Waals surface area contributed by atoms with Gasteiger partial charge in [0, 0.05) is 5.92 Å². The third kappa shape index (κ3) is 2.27. The number of fused-ring (bicyclic) bond motifs is 2. The van der Waals surface area contributed by atoms with Gasteiger partial charge in [-0.1, -0.05) is 36.9 Å². The fourth-order valence-corrected chi connectivity index (χ4v) is 3.00. The van der Waals surface area contributed by atoms with E-state index in [9.17, 15) is 9.50 Å². The molecular formula is C18H17FO. The minimum Gasteiger partial charge on any atom is -0.392 e. The molecule has 2 aromatic rings. The molecule has 102 valence electrons. The summed E-state index contributed by atoms with van der Waals surface area (Å²) in [5, 5.41) is 9.43. The van der Waals surface area contributed by atoms with Crippen molar-refractivity contribution in [1.82, 2.24) is 0 Å². The lowest BCUT2D eigenvalue weighted by Gasteiger charge is -2.19. The molecule has 0 saturated heterocycles. The Hall–Kier alpha value is -1.93. The van der Waals surface area contributed by atoms with Crippen molar-refractivity contribution in [2.75, 3.05) is 6.61 Å². The van der Waals surface area contributed by atoms with Crippen LogP contribution in [0.5, 0.6) is 0 Å². The average Bonchev–Trinajstić information content (AvgIpc) is 2.63. The minimum absolute atomic E-state index is 0.0380. The van der Waals surface area contributed by atoms with Crippen molar-refractivity contribution in [2.24, 2.45) is 0 Å². The summed E-state index contributed by atoms with van der Waals surface area (Å²) in [6.07, 6.45) is 1.50. The van der Waals surface area contributed by atoms with Gasteiger partial charge in [0.25, 0.3) is 0 Å². The summed E-state index contributed by atoms with van der Waals surface area (Å²) in [6.45, 7) is 3.95. The van der Waals surface area contributed by atoms with Crippen LogP contribution >= 0.6 is 0 Å². The minimum atomic E-state index is -0.205. The number of rotatable bonds is 2. The Morgan fingerprint density at radius 2 is 1.95 bits per heavy atom. The SMILES string of the molecule is C=C(CO)C1Cc2cc(F)ccc2Cc2ccccc21. The van der Waals surface area contributed by atoms with Crippen LogP contribution in [0.2, 0.25) is 0 Å². The molecular weight excluding hydrogens is 251 g/mol. The fourth-order valence-electron chi connectivity index (χ4n) is 3.00. The Bertz CT molecular complexity index is 660. The van der Waals surface area contributed by atoms with Gasteiger partial charge in [0.1, 0.15) is 5.82 Å². The van der Waals surface area contributed by atoms with Crippen molar-refractivity contribution in [3.05, 3.63) is 82.7 Å². The van der Waals surface area contributed by atoms with Gasteiger partial charge >= 0.3 is 0 Å². The molecule has 0 fully saturated rings. The van der Waals surface area contributed by atoms with E-state index in [0.717, 1.165) is 23.1 Å². The van der Waals surface area contributed by atoms with E-state index in [4.69, 9.17) is 0 Å². The highest BCUT2D eigenvalue weighted by atomic mass is 19.1. The summed E-state index contributed by atoms with van der Waals surface area (Å²) < 4.78 is 13.5. The van der Waals surface area contributed by atoms with Gasteiger partial charge in [-0.3, -0.25) is 0 Å². The molecule has 0 aromatic heterocycles. The van der Waals surface area contributed by atoms with Gasteiger partial charge in [0.2, 0.25) is 0 Å². The third-order valence-corrected chi connectivity index (χ3v) is 4.10. The Morgan fingerprint density at radius 3 is 2.75 bits per heavy atom. The monoisotopic (exact) mass is 268 g/mol. The molecule has 0 saturated carbocycles. The van der Waals surface area contributed by atoms with Crippen LogP contribution in [0.1, 0.15) is 28.2 Å². The van der Waals surface area contributed by atoms with Crippen molar-refractivity contribution in [3.63, 3.8) is 0 Å². The van der Waals surface area contributed by atoms with Gasteiger partial charge in [-0.25, -0.2) is 4.39 Å². The highest BCUT2D eigenvalue weighted by Gasteiger charge is 2.23. The standard InChI is InChI=1S/C18H17FO/c1-12(11-20)18-10-15-9-16(19)7-6-13(15)8-14-4-2-3-5-17(14)18/h2-7,9,18,20H,1,8,10-11H2. The number of benzene rings is 2. The Morgan fingerprint density at radius 1 is 1.15 bits per heavy atom. The van der Waals surface area contributed by atoms with E-state index >= 15 is 0 Å². The van der Waals surface area contributed by atoms with Crippen LogP contribution < -0.4 is 0 Å². The third-order valence-electron chi connectivity index (χ3n) is 4.10. The molecule has 0 radical (unpaired) electrons. The Labute approximate surface area is 118 Å². The molecule has 0 heterocycles. The van der Waals surface area contributed by atoms with Gasteiger partial charge in [-0.2, -0.15) is 0 Å². The van der Waals surface area contributed by atoms with Gasteiger partial charge in [-0.05, 0) is 52.8 Å². The maximum Gasteiger partial charge on any atom is 0.123 e. The van der Waals surface area contributed by atoms with Crippen LogP contribution in [0.25, 0.3) is 0 Å². The first-order chi connectivity index (χ1) is 9.69. The molecule has 0 amide bonds. The summed E-state index contributed by atoms with van der Waals surface area (Å²) in [7, 11) is 0. The predicted molar refractivity (Wildman–Crippen MR) is 78.3 cm³/mol. The zero-order valence-corrected chi connectivity index (χ0v) is 11.3. The Kier molecular flexibility index (Phi) is 3.41. The fraction of sp³-hybridized carbons (Fsp3) is 0.222. The number of hydrogen-bond donors (Lipinski definition) is 1. The van der Waals surface area contributed by atoms with Crippen LogP contribution in [0.3, 0.4) is 0 Å². The summed E-state index contributed by atoms with van der Waals surface area (Å²) in [6, 6.07) is 13.2. The number of aliphatic hydroxyl groups excluding tert-OH is 1. The molecule has 0 spiro atoms. The van der Waals surface area contributed by atoms with E-state index in [1.807, 2.05) is 18.2 Å². The highest BCUT2D eigenvalue weighted by molar-refractivity contribution is 5.45. The van der Waals surface area contributed by atoms with Crippen LogP contribution in [0.15, 0.2) is 54.6 Å². The maximum absolute atomic E-state index is 13.5. The van der Waals surface area contributed by atoms with Crippen molar-refractivity contribution >= 4 is 0 Å². The molecule has 0 aliphatic heterocycles. The molecule has 2 aromatic carbocycles. The molecule has 20 heavy (non-hydrogen) atoms. The zero-order valence-electron chi connectivity index (χ0n) is 11.3. The lowest BCUT2D eigenvalue weighted by atomic mass is 9.86. The molecule has 1 aliphatic rings. The average molecular weight is 268 g/mol. The normalized spacial score (nSPS) is 17.0. The predicted octanol–water partition coefficient (Wildman–Crippen LogP) is 3.60. The molecule has 1 atom stereocenters. The van der Waals surface area contributed by atoms with E-state index in [1.165, 1.54) is 17.2 Å². The first kappa shape index (κ1) is 13.1. The summed E-state index contributed by atoms with van der Waals surface area (Å²) in [5.74, 6) is -0.151. The zero-order chi connectivity index (χ0) is 14.1. The second kappa shape index (κ2) is 5.22. The number of hydrogen-bond acceptors (Lipinski definition) is 1. The maximum atomic E-state index is 13.5. The van der Waals surface area contributed by atoms with Crippen LogP contribution in [0, 0.1) is 5.82 Å². The summed E-state index contributed by atoms with van der Waals surface area (Å²) in [5.41, 5.74) is 5.39. The molecule has 1 aliphatic carbocycles. The highest BCUT2D eigenvalue weighted by Crippen LogP contribution is 2.35. The Balaban J connectivity index is 2.14. The van der Waals surface area contributed by atoms with E-state index in [2.05, 4.69) is 18.7 Å². The first-order valence-electron chi connectivity index (χ1n) is 6.82. The molecule has 1 nitrogen and oxygen atoms in total. The van der Waals surface area contributed by atoms with Gasteiger partial charge in [0.05, 0.1) is 6.61 Å². The van der Waals surface area contributed by atoms with E-state index in [1.54, 1.807) is 6.07 Å². The quantitative estimate of drug-likeness (QED) is 0.825. The summed E-state index contributed by atoms with van der Waals surface area (Å²) in [4.78, 5) is 0. The van der Waals surface area contributed by atoms with Crippen molar-refractivity contribution in [3.8, 4) is 0 Å².